The fraction of sp³-hybridized carbons (Fsp3) is 0. The summed E-state index contributed by atoms with van der Waals surface area (Å²) < 4.78 is 93.7. The molecule has 29 heavy (non-hydrogen) atoms. The number of hydrogen-bond acceptors (Lipinski definition) is 4. The maximum Gasteiger partial charge on any atom is 0.277 e. The number of rotatable bonds is 5. The van der Waals surface area contributed by atoms with Crippen molar-refractivity contribution in [2.45, 2.75) is 9.79 Å². The minimum atomic E-state index is -4.89. The second-order valence-electron chi connectivity index (χ2n) is 5.71. The van der Waals surface area contributed by atoms with E-state index in [1.807, 2.05) is 0 Å². The molecule has 0 atom stereocenters. The van der Waals surface area contributed by atoms with Crippen molar-refractivity contribution >= 4 is 41.7 Å². The van der Waals surface area contributed by atoms with Crippen LogP contribution in [-0.2, 0) is 20.0 Å². The molecular weight excluding hydrogens is 495 g/mol. The average Bonchev–Trinajstić information content (AvgIpc) is 2.64. The molecule has 0 radical (unpaired) electrons. The predicted octanol–water partition coefficient (Wildman–Crippen LogP) is 4.45. The Balaban J connectivity index is 2.30. The zero-order chi connectivity index (χ0) is 21.4. The second-order valence-corrected chi connectivity index (χ2v) is 10.4. The van der Waals surface area contributed by atoms with Crippen LogP contribution in [-0.4, -0.2) is 16.8 Å². The lowest BCUT2D eigenvalue weighted by Gasteiger charge is -2.24. The van der Waals surface area contributed by atoms with E-state index in [4.69, 9.17) is 0 Å². The highest BCUT2D eigenvalue weighted by atomic mass is 79.9. The third kappa shape index (κ3) is 4.16. The van der Waals surface area contributed by atoms with Crippen molar-refractivity contribution in [2.24, 2.45) is 0 Å². The molecule has 3 aromatic rings. The number of hydrogen-bond donors (Lipinski definition) is 0. The monoisotopic (exact) mass is 505 g/mol. The fourth-order valence-corrected chi connectivity index (χ4v) is 6.46. The van der Waals surface area contributed by atoms with Gasteiger partial charge in [-0.1, -0.05) is 15.9 Å². The van der Waals surface area contributed by atoms with Crippen LogP contribution in [0.25, 0.3) is 0 Å². The average molecular weight is 506 g/mol. The van der Waals surface area contributed by atoms with Crippen molar-refractivity contribution in [1.82, 2.24) is 0 Å². The molecule has 152 valence electrons. The Bertz CT molecular complexity index is 1190. The molecule has 0 N–H and O–H groups in total. The quantitative estimate of drug-likeness (QED) is 0.513. The summed E-state index contributed by atoms with van der Waals surface area (Å²) in [4.78, 5) is -1.15. The van der Waals surface area contributed by atoms with E-state index in [1.54, 1.807) is 0 Å². The summed E-state index contributed by atoms with van der Waals surface area (Å²) in [6.07, 6.45) is 0. The van der Waals surface area contributed by atoms with Crippen LogP contribution in [0.2, 0.25) is 0 Å². The molecule has 0 unspecified atom stereocenters. The summed E-state index contributed by atoms with van der Waals surface area (Å²) >= 11 is 3.01. The first-order chi connectivity index (χ1) is 13.5. The van der Waals surface area contributed by atoms with Gasteiger partial charge in [0, 0.05) is 4.47 Å². The van der Waals surface area contributed by atoms with E-state index in [1.165, 1.54) is 6.07 Å². The molecular formula is C18H11BrF3NO4S2. The van der Waals surface area contributed by atoms with Gasteiger partial charge in [0.25, 0.3) is 20.0 Å². The summed E-state index contributed by atoms with van der Waals surface area (Å²) in [7, 11) is -9.79. The normalized spacial score (nSPS) is 12.0. The Morgan fingerprint density at radius 3 is 1.45 bits per heavy atom. The van der Waals surface area contributed by atoms with Crippen LogP contribution >= 0.6 is 15.9 Å². The van der Waals surface area contributed by atoms with Gasteiger partial charge < -0.3 is 0 Å². The maximum absolute atomic E-state index is 14.6. The van der Waals surface area contributed by atoms with Crippen LogP contribution in [0.4, 0.5) is 18.9 Å². The summed E-state index contributed by atoms with van der Waals surface area (Å²) in [5.41, 5.74) is -0.776. The zero-order valence-electron chi connectivity index (χ0n) is 14.3. The van der Waals surface area contributed by atoms with Crippen LogP contribution in [0.1, 0.15) is 0 Å². The molecule has 0 heterocycles. The standard InChI is InChI=1S/C18H11BrF3NO4S2/c19-12-1-10-18(17(22)11-12)23(28(24,25)15-6-2-13(20)3-7-15)29(26,27)16-8-4-14(21)5-9-16/h1-11H. The summed E-state index contributed by atoms with van der Waals surface area (Å²) in [6.45, 7) is 0. The Hall–Kier alpha value is -2.37. The second kappa shape index (κ2) is 7.81. The molecule has 0 aliphatic heterocycles. The first-order valence-electron chi connectivity index (χ1n) is 7.80. The number of benzene rings is 3. The van der Waals surface area contributed by atoms with Gasteiger partial charge in [-0.05, 0) is 66.7 Å². The highest BCUT2D eigenvalue weighted by molar-refractivity contribution is 9.10. The van der Waals surface area contributed by atoms with Crippen LogP contribution in [0.3, 0.4) is 0 Å². The van der Waals surface area contributed by atoms with Crippen molar-refractivity contribution in [1.29, 1.82) is 0 Å². The molecule has 5 nitrogen and oxygen atoms in total. The van der Waals surface area contributed by atoms with E-state index in [-0.39, 0.29) is 8.18 Å². The Labute approximate surface area is 173 Å². The van der Waals surface area contributed by atoms with Crippen LogP contribution in [0.5, 0.6) is 0 Å². The highest BCUT2D eigenvalue weighted by Crippen LogP contribution is 2.33. The van der Waals surface area contributed by atoms with Gasteiger partial charge in [0.2, 0.25) is 0 Å². The minimum Gasteiger partial charge on any atom is -0.207 e. The zero-order valence-corrected chi connectivity index (χ0v) is 17.5. The van der Waals surface area contributed by atoms with Crippen LogP contribution in [0, 0.1) is 17.5 Å². The van der Waals surface area contributed by atoms with E-state index in [0.29, 0.717) is 0 Å². The molecule has 0 spiro atoms. The maximum atomic E-state index is 14.6. The van der Waals surface area contributed by atoms with Crippen molar-refractivity contribution in [3.8, 4) is 0 Å². The summed E-state index contributed by atoms with van der Waals surface area (Å²) in [5.74, 6) is -2.63. The van der Waals surface area contributed by atoms with Gasteiger partial charge >= 0.3 is 0 Å². The summed E-state index contributed by atoms with van der Waals surface area (Å²) in [6, 6.07) is 9.84. The number of halogens is 4. The van der Waals surface area contributed by atoms with E-state index in [9.17, 15) is 30.0 Å². The van der Waals surface area contributed by atoms with E-state index in [2.05, 4.69) is 15.9 Å². The molecule has 11 heteroatoms. The number of sulfonamides is 2. The Kier molecular flexibility index (Phi) is 5.74. The van der Waals surface area contributed by atoms with E-state index < -0.39 is 53.0 Å². The van der Waals surface area contributed by atoms with Crippen LogP contribution in [0.15, 0.2) is 81.0 Å². The van der Waals surface area contributed by atoms with Crippen molar-refractivity contribution in [3.05, 3.63) is 88.7 Å². The molecule has 0 aliphatic rings. The first kappa shape index (κ1) is 21.3. The smallest absolute Gasteiger partial charge is 0.207 e. The number of anilines is 1. The molecule has 0 amide bonds. The lowest BCUT2D eigenvalue weighted by atomic mass is 10.3. The molecule has 0 saturated carbocycles. The molecule has 0 saturated heterocycles. The van der Waals surface area contributed by atoms with Gasteiger partial charge in [0.15, 0.2) is 0 Å². The van der Waals surface area contributed by atoms with Gasteiger partial charge in [0.1, 0.15) is 23.1 Å². The van der Waals surface area contributed by atoms with Crippen LogP contribution < -0.4 is 3.71 Å². The lowest BCUT2D eigenvalue weighted by Crippen LogP contribution is -2.37. The molecule has 0 bridgehead atoms. The third-order valence-electron chi connectivity index (χ3n) is 3.77. The van der Waals surface area contributed by atoms with Gasteiger partial charge in [0.05, 0.1) is 9.79 Å². The SMILES string of the molecule is O=S(=O)(c1ccc(F)cc1)N(c1ccc(Br)cc1F)S(=O)(=O)c1ccc(F)cc1. The first-order valence-corrected chi connectivity index (χ1v) is 11.5. The van der Waals surface area contributed by atoms with E-state index in [0.717, 1.165) is 60.7 Å². The van der Waals surface area contributed by atoms with Gasteiger partial charge in [-0.25, -0.2) is 30.0 Å². The molecule has 0 aliphatic carbocycles. The van der Waals surface area contributed by atoms with Crippen molar-refractivity contribution in [3.63, 3.8) is 0 Å². The number of nitrogens with zero attached hydrogens (tertiary/aromatic N) is 1. The lowest BCUT2D eigenvalue weighted by molar-refractivity contribution is 0.578. The van der Waals surface area contributed by atoms with E-state index >= 15 is 0 Å². The molecule has 3 rings (SSSR count). The molecule has 3 aromatic carbocycles. The minimum absolute atomic E-state index is 0.0950. The third-order valence-corrected chi connectivity index (χ3v) is 8.44. The predicted molar refractivity (Wildman–Crippen MR) is 104 cm³/mol. The highest BCUT2D eigenvalue weighted by Gasteiger charge is 2.38. The fourth-order valence-electron chi connectivity index (χ4n) is 2.42. The van der Waals surface area contributed by atoms with Crippen molar-refractivity contribution < 1.29 is 30.0 Å². The molecule has 0 aromatic heterocycles. The molecule has 0 fully saturated rings. The van der Waals surface area contributed by atoms with Crippen molar-refractivity contribution in [2.75, 3.05) is 3.71 Å². The van der Waals surface area contributed by atoms with Gasteiger partial charge in [-0.15, -0.1) is 0 Å². The Morgan fingerprint density at radius 2 is 1.07 bits per heavy atom. The van der Waals surface area contributed by atoms with Gasteiger partial charge in [-0.2, -0.15) is 3.71 Å². The Morgan fingerprint density at radius 1 is 0.655 bits per heavy atom. The topological polar surface area (TPSA) is 71.5 Å². The largest absolute Gasteiger partial charge is 0.277 e. The van der Waals surface area contributed by atoms with Gasteiger partial charge in [-0.3, -0.25) is 0 Å². The summed E-state index contributed by atoms with van der Waals surface area (Å²) in [5, 5.41) is 0.